The van der Waals surface area contributed by atoms with Gasteiger partial charge in [-0.05, 0) is 37.1 Å². The Labute approximate surface area is 155 Å². The maximum absolute atomic E-state index is 12.6. The molecule has 3 aromatic rings. The lowest BCUT2D eigenvalue weighted by molar-refractivity contribution is -0.130. The van der Waals surface area contributed by atoms with Crippen LogP contribution in [0.3, 0.4) is 0 Å². The first kappa shape index (κ1) is 17.0. The number of nitrogens with zero attached hydrogens (tertiary/aromatic N) is 2. The van der Waals surface area contributed by atoms with Crippen molar-refractivity contribution in [2.75, 3.05) is 0 Å². The van der Waals surface area contributed by atoms with E-state index in [9.17, 15) is 9.59 Å². The second-order valence-electron chi connectivity index (χ2n) is 6.30. The first-order chi connectivity index (χ1) is 13.2. The fourth-order valence-corrected chi connectivity index (χ4v) is 2.63. The summed E-state index contributed by atoms with van der Waals surface area (Å²) in [5.41, 5.74) is 1.65. The molecule has 0 aliphatic heterocycles. The maximum atomic E-state index is 12.6. The second-order valence-corrected chi connectivity index (χ2v) is 6.30. The average Bonchev–Trinajstić information content (AvgIpc) is 3.35. The van der Waals surface area contributed by atoms with E-state index < -0.39 is 12.1 Å². The van der Waals surface area contributed by atoms with Crippen molar-refractivity contribution in [2.45, 2.75) is 25.0 Å². The minimum atomic E-state index is -0.991. The summed E-state index contributed by atoms with van der Waals surface area (Å²) < 4.78 is 10.7. The minimum absolute atomic E-state index is 0.177. The number of esters is 1. The predicted octanol–water partition coefficient (Wildman–Crippen LogP) is 2.91. The molecule has 1 heterocycles. The molecule has 1 saturated carbocycles. The first-order valence-corrected chi connectivity index (χ1v) is 8.63. The Kier molecular flexibility index (Phi) is 4.65. The number of hydrogen-bond donors (Lipinski definition) is 1. The van der Waals surface area contributed by atoms with E-state index in [1.807, 2.05) is 6.07 Å². The standard InChI is InChI=1S/C20H17N3O4/c24-18(22-16-10-11-16)17(13-4-2-1-3-5-13)27-20(25)15-8-6-14(7-9-15)19-23-21-12-26-19/h1-9,12,16-17H,10-11H2,(H,22,24)/t17-/m0/s1. The fourth-order valence-electron chi connectivity index (χ4n) is 2.63. The van der Waals surface area contributed by atoms with Crippen LogP contribution in [-0.2, 0) is 9.53 Å². The summed E-state index contributed by atoms with van der Waals surface area (Å²) in [5, 5.41) is 10.3. The van der Waals surface area contributed by atoms with Gasteiger partial charge in [-0.3, -0.25) is 4.79 Å². The van der Waals surface area contributed by atoms with Crippen LogP contribution in [0.2, 0.25) is 0 Å². The van der Waals surface area contributed by atoms with Crippen LogP contribution in [0, 0.1) is 0 Å². The summed E-state index contributed by atoms with van der Waals surface area (Å²) >= 11 is 0. The highest BCUT2D eigenvalue weighted by Gasteiger charge is 2.31. The van der Waals surface area contributed by atoms with Crippen LogP contribution < -0.4 is 5.32 Å². The molecule has 2 aromatic carbocycles. The van der Waals surface area contributed by atoms with Crippen molar-refractivity contribution in [3.63, 3.8) is 0 Å². The van der Waals surface area contributed by atoms with Crippen molar-refractivity contribution in [2.24, 2.45) is 0 Å². The van der Waals surface area contributed by atoms with Crippen LogP contribution in [-0.4, -0.2) is 28.1 Å². The highest BCUT2D eigenvalue weighted by Crippen LogP contribution is 2.24. The molecule has 7 nitrogen and oxygen atoms in total. The molecule has 0 spiro atoms. The smallest absolute Gasteiger partial charge is 0.339 e. The van der Waals surface area contributed by atoms with Gasteiger partial charge in [-0.2, -0.15) is 0 Å². The zero-order valence-corrected chi connectivity index (χ0v) is 14.4. The number of aromatic nitrogens is 2. The topological polar surface area (TPSA) is 94.3 Å². The number of benzene rings is 2. The third kappa shape index (κ3) is 4.03. The van der Waals surface area contributed by atoms with Crippen molar-refractivity contribution >= 4 is 11.9 Å². The lowest BCUT2D eigenvalue weighted by Gasteiger charge is -2.18. The summed E-state index contributed by atoms with van der Waals surface area (Å²) in [5.74, 6) is -0.521. The van der Waals surface area contributed by atoms with Crippen LogP contribution in [0.5, 0.6) is 0 Å². The Hall–Kier alpha value is -3.48. The van der Waals surface area contributed by atoms with Crippen molar-refractivity contribution in [3.05, 3.63) is 72.1 Å². The van der Waals surface area contributed by atoms with Crippen LogP contribution in [0.4, 0.5) is 0 Å². The highest BCUT2D eigenvalue weighted by molar-refractivity contribution is 5.93. The van der Waals surface area contributed by atoms with Gasteiger partial charge in [-0.15, -0.1) is 10.2 Å². The Bertz CT molecular complexity index is 920. The van der Waals surface area contributed by atoms with Crippen LogP contribution in [0.25, 0.3) is 11.5 Å². The van der Waals surface area contributed by atoms with Gasteiger partial charge in [-0.25, -0.2) is 4.79 Å². The van der Waals surface area contributed by atoms with Gasteiger partial charge in [0.15, 0.2) is 0 Å². The van der Waals surface area contributed by atoms with E-state index in [0.717, 1.165) is 12.8 Å². The number of ether oxygens (including phenoxy) is 1. The molecule has 136 valence electrons. The molecule has 1 aliphatic carbocycles. The average molecular weight is 363 g/mol. The van der Waals surface area contributed by atoms with E-state index in [1.54, 1.807) is 48.5 Å². The molecular formula is C20H17N3O4. The van der Waals surface area contributed by atoms with Crippen molar-refractivity contribution in [3.8, 4) is 11.5 Å². The molecule has 0 bridgehead atoms. The molecule has 1 amide bonds. The van der Waals surface area contributed by atoms with Gasteiger partial charge in [-0.1, -0.05) is 30.3 Å². The van der Waals surface area contributed by atoms with Crippen molar-refractivity contribution < 1.29 is 18.7 Å². The van der Waals surface area contributed by atoms with E-state index in [-0.39, 0.29) is 11.9 Å². The van der Waals surface area contributed by atoms with Crippen LogP contribution >= 0.6 is 0 Å². The Morgan fingerprint density at radius 3 is 2.44 bits per heavy atom. The summed E-state index contributed by atoms with van der Waals surface area (Å²) in [7, 11) is 0. The van der Waals surface area contributed by atoms with E-state index in [1.165, 1.54) is 6.39 Å². The van der Waals surface area contributed by atoms with Gasteiger partial charge >= 0.3 is 5.97 Å². The molecule has 0 radical (unpaired) electrons. The van der Waals surface area contributed by atoms with Crippen molar-refractivity contribution in [1.29, 1.82) is 0 Å². The normalized spacial score (nSPS) is 14.4. The minimum Gasteiger partial charge on any atom is -0.444 e. The third-order valence-electron chi connectivity index (χ3n) is 4.22. The molecule has 4 rings (SSSR count). The molecular weight excluding hydrogens is 346 g/mol. The second kappa shape index (κ2) is 7.41. The summed E-state index contributed by atoms with van der Waals surface area (Å²) in [6.07, 6.45) is 2.16. The molecule has 27 heavy (non-hydrogen) atoms. The van der Waals surface area contributed by atoms with Gasteiger partial charge in [0.2, 0.25) is 18.4 Å². The molecule has 1 aliphatic rings. The van der Waals surface area contributed by atoms with Gasteiger partial charge in [0, 0.05) is 17.2 Å². The van der Waals surface area contributed by atoms with Gasteiger partial charge in [0.1, 0.15) is 0 Å². The molecule has 0 unspecified atom stereocenters. The SMILES string of the molecule is O=C(O[C@H](C(=O)NC1CC1)c1ccccc1)c1ccc(-c2nnco2)cc1. The van der Waals surface area contributed by atoms with Crippen LogP contribution in [0.15, 0.2) is 65.4 Å². The van der Waals surface area contributed by atoms with Crippen LogP contribution in [0.1, 0.15) is 34.9 Å². The zero-order valence-electron chi connectivity index (χ0n) is 14.4. The monoisotopic (exact) mass is 363 g/mol. The number of carbonyl (C=O) groups is 2. The lowest BCUT2D eigenvalue weighted by atomic mass is 10.1. The summed E-state index contributed by atoms with van der Waals surface area (Å²) in [4.78, 5) is 25.1. The number of hydrogen-bond acceptors (Lipinski definition) is 6. The third-order valence-corrected chi connectivity index (χ3v) is 4.22. The number of carbonyl (C=O) groups excluding carboxylic acids is 2. The van der Waals surface area contributed by atoms with E-state index in [0.29, 0.717) is 22.6 Å². The predicted molar refractivity (Wildman–Crippen MR) is 95.5 cm³/mol. The summed E-state index contributed by atoms with van der Waals surface area (Å²) in [6, 6.07) is 15.7. The molecule has 1 N–H and O–H groups in total. The first-order valence-electron chi connectivity index (χ1n) is 8.63. The quantitative estimate of drug-likeness (QED) is 0.677. The van der Waals surface area contributed by atoms with E-state index in [2.05, 4.69) is 15.5 Å². The molecule has 1 fully saturated rings. The number of amides is 1. The number of rotatable bonds is 6. The van der Waals surface area contributed by atoms with Crippen molar-refractivity contribution in [1.82, 2.24) is 15.5 Å². The zero-order chi connectivity index (χ0) is 18.6. The molecule has 0 saturated heterocycles. The molecule has 1 atom stereocenters. The Balaban J connectivity index is 1.51. The number of nitrogens with one attached hydrogen (secondary N) is 1. The molecule has 1 aromatic heterocycles. The lowest BCUT2D eigenvalue weighted by Crippen LogP contribution is -2.33. The summed E-state index contributed by atoms with van der Waals surface area (Å²) in [6.45, 7) is 0. The maximum Gasteiger partial charge on any atom is 0.339 e. The fraction of sp³-hybridized carbons (Fsp3) is 0.200. The van der Waals surface area contributed by atoms with E-state index >= 15 is 0 Å². The molecule has 7 heteroatoms. The van der Waals surface area contributed by atoms with E-state index in [4.69, 9.17) is 9.15 Å². The van der Waals surface area contributed by atoms with Gasteiger partial charge in [0.05, 0.1) is 5.56 Å². The van der Waals surface area contributed by atoms with Gasteiger partial charge in [0.25, 0.3) is 5.91 Å². The van der Waals surface area contributed by atoms with Gasteiger partial charge < -0.3 is 14.5 Å². The largest absolute Gasteiger partial charge is 0.444 e. The Morgan fingerprint density at radius 1 is 1.07 bits per heavy atom. The highest BCUT2D eigenvalue weighted by atomic mass is 16.5. The Morgan fingerprint density at radius 2 is 1.81 bits per heavy atom.